The molecule has 2 aliphatic heterocycles. The second kappa shape index (κ2) is 28.9. The third kappa shape index (κ3) is 11.3. The average molecular weight is 1720 g/mol. The summed E-state index contributed by atoms with van der Waals surface area (Å²) in [6, 6.07) is 155. The maximum atomic E-state index is 7.43. The molecule has 6 aromatic heterocycles. The van der Waals surface area contributed by atoms with Crippen LogP contribution in [0.2, 0.25) is 0 Å². The number of aromatic nitrogens is 2. The summed E-state index contributed by atoms with van der Waals surface area (Å²) in [6.07, 6.45) is 9.23. The third-order valence-corrected chi connectivity index (χ3v) is 29.3. The molecule has 630 valence electrons. The van der Waals surface area contributed by atoms with Crippen LogP contribution in [-0.2, 0) is 5.41 Å². The van der Waals surface area contributed by atoms with Crippen molar-refractivity contribution in [2.75, 3.05) is 9.80 Å². The van der Waals surface area contributed by atoms with Crippen LogP contribution in [0.4, 0.5) is 34.1 Å². The Morgan fingerprint density at radius 1 is 0.244 bits per heavy atom. The highest BCUT2D eigenvalue weighted by Gasteiger charge is 2.43. The van der Waals surface area contributed by atoms with Gasteiger partial charge in [0.1, 0.15) is 33.5 Å². The molecule has 26 aromatic rings. The van der Waals surface area contributed by atoms with Gasteiger partial charge in [-0.3, -0.25) is 0 Å². The number of furan rings is 4. The van der Waals surface area contributed by atoms with E-state index in [0.29, 0.717) is 0 Å². The zero-order valence-electron chi connectivity index (χ0n) is 73.2. The Hall–Kier alpha value is -17.7. The van der Waals surface area contributed by atoms with E-state index in [2.05, 4.69) is 469 Å². The summed E-state index contributed by atoms with van der Waals surface area (Å²) in [5, 5.41) is 13.4. The molecule has 8 heteroatoms. The first-order chi connectivity index (χ1) is 66.8. The third-order valence-electron chi connectivity index (χ3n) is 29.3. The van der Waals surface area contributed by atoms with E-state index < -0.39 is 0 Å². The Morgan fingerprint density at radius 3 is 1.31 bits per heavy atom. The largest absolute Gasteiger partial charge is 0.455 e. The van der Waals surface area contributed by atoms with E-state index in [-0.39, 0.29) is 11.5 Å². The van der Waals surface area contributed by atoms with E-state index in [9.17, 15) is 0 Å². The van der Waals surface area contributed by atoms with Crippen molar-refractivity contribution in [3.63, 3.8) is 0 Å². The van der Waals surface area contributed by atoms with Gasteiger partial charge in [0.15, 0.2) is 11.2 Å². The lowest BCUT2D eigenvalue weighted by Crippen LogP contribution is -2.32. The molecule has 1 aliphatic carbocycles. The summed E-state index contributed by atoms with van der Waals surface area (Å²) in [7, 11) is 0. The second-order valence-electron chi connectivity index (χ2n) is 36.6. The molecule has 135 heavy (non-hydrogen) atoms. The molecule has 8 heterocycles. The van der Waals surface area contributed by atoms with E-state index in [1.165, 1.54) is 54.8 Å². The van der Waals surface area contributed by atoms with Crippen molar-refractivity contribution in [1.82, 2.24) is 9.13 Å². The summed E-state index contributed by atoms with van der Waals surface area (Å²) in [5.41, 5.74) is 39.8. The van der Waals surface area contributed by atoms with Crippen LogP contribution in [0.1, 0.15) is 18.5 Å². The highest BCUT2D eigenvalue weighted by Crippen LogP contribution is 2.58. The molecule has 20 aromatic carbocycles. The lowest BCUT2D eigenvalue weighted by molar-refractivity contribution is 0.435. The molecule has 29 rings (SSSR count). The van der Waals surface area contributed by atoms with Crippen LogP contribution in [0.5, 0.6) is 0 Å². The van der Waals surface area contributed by atoms with Crippen LogP contribution in [-0.4, -0.2) is 9.13 Å². The summed E-state index contributed by atoms with van der Waals surface area (Å²) < 4.78 is 33.5. The standard InChI is InChI=1S/C127H78N4O4/c1-127-70-15-14-41-118(127)131-111-68-54-85(73-106(111)98-31-18-35-104(122(98)131)120-108(127)66-65-102-94-29-10-13-40-115(94)134-126(102)120)83-25-16-26-91(71-83)129(90-58-46-80(47-59-90)77-23-6-3-7-24-77)113-38-20-33-100-107-74-86(55-69-116(107)133-124(100)113)87-52-62-95-101-64-63-96-92-27-8-11-36-109(92)130-110-67-53-84(72-105(110)97-30-17-34-103(121(97)130)119(96)125(101)135-117(95)75-87)82-50-60-89(61-51-82)128(112-37-19-32-99-93-28-9-12-39-114(93)132-123(99)112)88-56-48-81(49-57-88)79-44-42-78(43-45-79)76-21-4-2-5-22-76/h2-75,118H,1H3. The minimum atomic E-state index is -0.380. The van der Waals surface area contributed by atoms with E-state index >= 15 is 0 Å². The maximum absolute atomic E-state index is 7.43. The molecule has 0 bridgehead atoms. The van der Waals surface area contributed by atoms with Gasteiger partial charge in [-0.15, -0.1) is 0 Å². The van der Waals surface area contributed by atoms with Gasteiger partial charge in [-0.2, -0.15) is 0 Å². The zero-order chi connectivity index (χ0) is 88.4. The van der Waals surface area contributed by atoms with Gasteiger partial charge in [-0.05, 0) is 218 Å². The first kappa shape index (κ1) is 75.1. The Bertz CT molecular complexity index is 9570. The van der Waals surface area contributed by atoms with Crippen LogP contribution < -0.4 is 9.80 Å². The Kier molecular flexibility index (Phi) is 16.1. The molecular weight excluding hydrogens is 1650 g/mol. The SMILES string of the molecule is CC12C=CC=CC1n1c3ccc(-c4cccc(N(c5ccc(-c6ccccc6)cc5)c5cccc6c5oc5ccc(-c7ccc8c(c7)oc7c9c(ccc78)-c7ccccc7-n7c8ccc(-c%10ccc(N(c%11ccc(-c%12ccc(-c%13ccccc%13)cc%12)cc%11)c%11cccc%12c%11oc%11ccccc%11%12)cc%10)cc8c8cccc-9c87)cc56)c4)cc3c3cccc(c31)-c1c2ccc2c1oc1ccccc12. The molecule has 0 N–H and O–H groups in total. The Balaban J connectivity index is 0.513. The van der Waals surface area contributed by atoms with E-state index in [0.717, 1.165) is 222 Å². The number of para-hydroxylation sites is 7. The van der Waals surface area contributed by atoms with Crippen molar-refractivity contribution >= 4 is 165 Å². The molecular formula is C127H78N4O4. The fourth-order valence-electron chi connectivity index (χ4n) is 23.0. The molecule has 8 nitrogen and oxygen atoms in total. The van der Waals surface area contributed by atoms with Gasteiger partial charge in [0, 0.05) is 126 Å². The van der Waals surface area contributed by atoms with Crippen molar-refractivity contribution in [3.8, 4) is 106 Å². The van der Waals surface area contributed by atoms with Crippen molar-refractivity contribution in [1.29, 1.82) is 0 Å². The van der Waals surface area contributed by atoms with Crippen LogP contribution in [0.15, 0.2) is 467 Å². The topological polar surface area (TPSA) is 68.9 Å². The maximum Gasteiger partial charge on any atom is 0.159 e. The highest BCUT2D eigenvalue weighted by molar-refractivity contribution is 6.24. The number of benzene rings is 20. The molecule has 3 aliphatic rings. The molecule has 0 spiro atoms. The predicted molar refractivity (Wildman–Crippen MR) is 559 cm³/mol. The van der Waals surface area contributed by atoms with E-state index in [4.69, 9.17) is 17.7 Å². The highest BCUT2D eigenvalue weighted by atomic mass is 16.3. The lowest BCUT2D eigenvalue weighted by Gasteiger charge is -2.37. The van der Waals surface area contributed by atoms with E-state index in [1.807, 2.05) is 6.07 Å². The molecule has 0 saturated heterocycles. The lowest BCUT2D eigenvalue weighted by atomic mass is 9.71. The Labute approximate surface area is 775 Å². The fraction of sp³-hybridized carbons (Fsp3) is 0.0236. The van der Waals surface area contributed by atoms with E-state index in [1.54, 1.807) is 0 Å². The van der Waals surface area contributed by atoms with Gasteiger partial charge >= 0.3 is 0 Å². The zero-order valence-corrected chi connectivity index (χ0v) is 73.2. The van der Waals surface area contributed by atoms with Crippen molar-refractivity contribution < 1.29 is 17.7 Å². The summed E-state index contributed by atoms with van der Waals surface area (Å²) in [6.45, 7) is 2.40. The van der Waals surface area contributed by atoms with Crippen molar-refractivity contribution in [3.05, 3.63) is 455 Å². The predicted octanol–water partition coefficient (Wildman–Crippen LogP) is 35.7. The van der Waals surface area contributed by atoms with Crippen LogP contribution in [0.25, 0.3) is 237 Å². The number of anilines is 6. The molecule has 0 fully saturated rings. The van der Waals surface area contributed by atoms with Gasteiger partial charge in [0.25, 0.3) is 0 Å². The van der Waals surface area contributed by atoms with Gasteiger partial charge in [-0.25, -0.2) is 0 Å². The van der Waals surface area contributed by atoms with Crippen LogP contribution in [0, 0.1) is 0 Å². The number of rotatable bonds is 12. The number of nitrogens with zero attached hydrogens (tertiary/aromatic N) is 4. The number of allylic oxidation sites excluding steroid dienone is 4. The second-order valence-corrected chi connectivity index (χ2v) is 36.6. The molecule has 0 radical (unpaired) electrons. The number of fused-ring (bicyclic) bond motifs is 30. The molecule has 0 saturated carbocycles. The normalized spacial score (nSPS) is 14.3. The Morgan fingerprint density at radius 2 is 0.652 bits per heavy atom. The van der Waals surface area contributed by atoms with Gasteiger partial charge < -0.3 is 36.6 Å². The molecule has 2 atom stereocenters. The fourth-order valence-corrected chi connectivity index (χ4v) is 23.0. The summed E-state index contributed by atoms with van der Waals surface area (Å²) >= 11 is 0. The smallest absolute Gasteiger partial charge is 0.159 e. The first-order valence-corrected chi connectivity index (χ1v) is 46.4. The minimum absolute atomic E-state index is 0.00115. The van der Waals surface area contributed by atoms with Crippen molar-refractivity contribution in [2.45, 2.75) is 18.4 Å². The minimum Gasteiger partial charge on any atom is -0.455 e. The van der Waals surface area contributed by atoms with Crippen molar-refractivity contribution in [2.24, 2.45) is 0 Å². The average Bonchev–Trinajstić information content (AvgIpc) is 1.54. The monoisotopic (exact) mass is 1720 g/mol. The summed E-state index contributed by atoms with van der Waals surface area (Å²) in [4.78, 5) is 4.70. The van der Waals surface area contributed by atoms with Gasteiger partial charge in [0.05, 0.1) is 39.7 Å². The molecule has 0 amide bonds. The van der Waals surface area contributed by atoms with Crippen LogP contribution in [0.3, 0.4) is 0 Å². The summed E-state index contributed by atoms with van der Waals surface area (Å²) in [5.74, 6) is 0. The number of hydrogen-bond donors (Lipinski definition) is 0. The number of hydrogen-bond acceptors (Lipinski definition) is 6. The quantitative estimate of drug-likeness (QED) is 0.121. The van der Waals surface area contributed by atoms with Gasteiger partial charge in [0.2, 0.25) is 0 Å². The first-order valence-electron chi connectivity index (χ1n) is 46.4. The van der Waals surface area contributed by atoms with Crippen LogP contribution >= 0.6 is 0 Å². The molecule has 2 unspecified atom stereocenters. The van der Waals surface area contributed by atoms with Gasteiger partial charge in [-0.1, -0.05) is 315 Å².